The van der Waals surface area contributed by atoms with Crippen molar-refractivity contribution in [2.45, 2.75) is 12.3 Å². The minimum Gasteiger partial charge on any atom is -0.497 e. The molecule has 3 rings (SSSR count). The molecule has 0 spiro atoms. The Morgan fingerprint density at radius 3 is 2.48 bits per heavy atom. The number of morpholine rings is 1. The monoisotopic (exact) mass is 439 g/mol. The van der Waals surface area contributed by atoms with Gasteiger partial charge in [0.1, 0.15) is 5.75 Å². The standard InChI is InChI=1S/C21H24F3N3O4/c1-30-16-5-2-14(3-6-16)19(28)13-25-20(29)26-18-7-4-15(12-17(18)21(22,23)24)27-8-10-31-11-9-27/h2-7,12,19,28H,8-11,13H2,1H3,(H2,25,26,29). The Kier molecular flexibility index (Phi) is 7.24. The summed E-state index contributed by atoms with van der Waals surface area (Å²) in [6.45, 7) is 1.70. The highest BCUT2D eigenvalue weighted by Crippen LogP contribution is 2.37. The summed E-state index contributed by atoms with van der Waals surface area (Å²) in [4.78, 5) is 14.0. The number of amides is 2. The summed E-state index contributed by atoms with van der Waals surface area (Å²) in [6, 6.07) is 9.51. The van der Waals surface area contributed by atoms with Gasteiger partial charge in [-0.25, -0.2) is 4.79 Å². The number of ether oxygens (including phenoxy) is 2. The Bertz CT molecular complexity index is 884. The van der Waals surface area contributed by atoms with E-state index in [-0.39, 0.29) is 12.2 Å². The lowest BCUT2D eigenvalue weighted by Crippen LogP contribution is -2.36. The number of hydrogen-bond donors (Lipinski definition) is 3. The molecule has 1 atom stereocenters. The largest absolute Gasteiger partial charge is 0.497 e. The average Bonchev–Trinajstić information content (AvgIpc) is 2.77. The van der Waals surface area contributed by atoms with Gasteiger partial charge in [-0.2, -0.15) is 13.2 Å². The number of hydrogen-bond acceptors (Lipinski definition) is 5. The topological polar surface area (TPSA) is 83.1 Å². The first-order valence-electron chi connectivity index (χ1n) is 9.68. The molecule has 0 radical (unpaired) electrons. The second kappa shape index (κ2) is 9.88. The van der Waals surface area contributed by atoms with Crippen molar-refractivity contribution in [1.82, 2.24) is 5.32 Å². The third kappa shape index (κ3) is 6.02. The maximum Gasteiger partial charge on any atom is 0.418 e. The maximum absolute atomic E-state index is 13.6. The highest BCUT2D eigenvalue weighted by atomic mass is 19.4. The minimum absolute atomic E-state index is 0.175. The Morgan fingerprint density at radius 2 is 1.87 bits per heavy atom. The predicted octanol–water partition coefficient (Wildman–Crippen LogP) is 3.41. The number of nitrogens with zero attached hydrogens (tertiary/aromatic N) is 1. The van der Waals surface area contributed by atoms with Crippen LogP contribution in [0.15, 0.2) is 42.5 Å². The second-order valence-electron chi connectivity index (χ2n) is 6.95. The van der Waals surface area contributed by atoms with Gasteiger partial charge < -0.3 is 30.1 Å². The number of halogens is 3. The summed E-state index contributed by atoms with van der Waals surface area (Å²) in [5, 5.41) is 14.8. The van der Waals surface area contributed by atoms with Gasteiger partial charge in [0.2, 0.25) is 0 Å². The Morgan fingerprint density at radius 1 is 1.19 bits per heavy atom. The molecule has 0 bridgehead atoms. The molecule has 3 N–H and O–H groups in total. The molecule has 10 heteroatoms. The zero-order valence-corrected chi connectivity index (χ0v) is 16.9. The van der Waals surface area contributed by atoms with Crippen LogP contribution in [0, 0.1) is 0 Å². The van der Waals surface area contributed by atoms with Crippen molar-refractivity contribution in [2.75, 3.05) is 50.2 Å². The summed E-state index contributed by atoms with van der Waals surface area (Å²) < 4.78 is 51.0. The van der Waals surface area contributed by atoms with E-state index in [1.54, 1.807) is 29.2 Å². The first-order valence-corrected chi connectivity index (χ1v) is 9.68. The fraction of sp³-hybridized carbons (Fsp3) is 0.381. The molecule has 7 nitrogen and oxygen atoms in total. The fourth-order valence-corrected chi connectivity index (χ4v) is 3.19. The molecule has 1 saturated heterocycles. The van der Waals surface area contributed by atoms with Crippen LogP contribution in [0.3, 0.4) is 0 Å². The molecule has 1 aliphatic heterocycles. The van der Waals surface area contributed by atoms with Crippen molar-refractivity contribution in [3.8, 4) is 5.75 Å². The average molecular weight is 439 g/mol. The van der Waals surface area contributed by atoms with E-state index in [9.17, 15) is 23.1 Å². The van der Waals surface area contributed by atoms with E-state index >= 15 is 0 Å². The van der Waals surface area contributed by atoms with Crippen molar-refractivity contribution in [2.24, 2.45) is 0 Å². The Balaban J connectivity index is 1.65. The summed E-state index contributed by atoms with van der Waals surface area (Å²) >= 11 is 0. The van der Waals surface area contributed by atoms with E-state index in [4.69, 9.17) is 9.47 Å². The number of carbonyl (C=O) groups excluding carboxylic acids is 1. The molecule has 0 saturated carbocycles. The molecule has 1 aliphatic rings. The van der Waals surface area contributed by atoms with Crippen LogP contribution >= 0.6 is 0 Å². The van der Waals surface area contributed by atoms with Crippen LogP contribution in [-0.2, 0) is 10.9 Å². The quantitative estimate of drug-likeness (QED) is 0.643. The zero-order chi connectivity index (χ0) is 22.4. The van der Waals surface area contributed by atoms with Gasteiger partial charge in [-0.05, 0) is 35.9 Å². The van der Waals surface area contributed by atoms with E-state index < -0.39 is 23.9 Å². The predicted molar refractivity (Wildman–Crippen MR) is 109 cm³/mol. The lowest BCUT2D eigenvalue weighted by molar-refractivity contribution is -0.136. The fourth-order valence-electron chi connectivity index (χ4n) is 3.19. The van der Waals surface area contributed by atoms with Crippen LogP contribution in [0.2, 0.25) is 0 Å². The third-order valence-electron chi connectivity index (χ3n) is 4.89. The number of aliphatic hydroxyl groups is 1. The molecule has 2 aromatic carbocycles. The summed E-state index contributed by atoms with van der Waals surface area (Å²) in [5.41, 5.74) is -0.355. The lowest BCUT2D eigenvalue weighted by atomic mass is 10.1. The van der Waals surface area contributed by atoms with Crippen LogP contribution in [-0.4, -0.2) is 51.1 Å². The summed E-state index contributed by atoms with van der Waals surface area (Å²) in [6.07, 6.45) is -5.67. The maximum atomic E-state index is 13.6. The molecule has 1 fully saturated rings. The van der Waals surface area contributed by atoms with Crippen molar-refractivity contribution in [1.29, 1.82) is 0 Å². The van der Waals surface area contributed by atoms with E-state index in [0.29, 0.717) is 43.3 Å². The van der Waals surface area contributed by atoms with E-state index in [1.807, 2.05) is 0 Å². The van der Waals surface area contributed by atoms with Gasteiger partial charge in [-0.15, -0.1) is 0 Å². The number of carbonyl (C=O) groups is 1. The normalized spacial score (nSPS) is 15.3. The van der Waals surface area contributed by atoms with Crippen LogP contribution < -0.4 is 20.3 Å². The summed E-state index contributed by atoms with van der Waals surface area (Å²) in [5.74, 6) is 0.613. The molecule has 168 valence electrons. The number of benzene rings is 2. The van der Waals surface area contributed by atoms with E-state index in [2.05, 4.69) is 10.6 Å². The van der Waals surface area contributed by atoms with Crippen molar-refractivity contribution in [3.63, 3.8) is 0 Å². The van der Waals surface area contributed by atoms with Crippen LogP contribution in [0.1, 0.15) is 17.2 Å². The molecule has 2 aromatic rings. The highest BCUT2D eigenvalue weighted by molar-refractivity contribution is 5.90. The van der Waals surface area contributed by atoms with Crippen molar-refractivity contribution < 1.29 is 32.5 Å². The number of rotatable bonds is 6. The number of aliphatic hydroxyl groups excluding tert-OH is 1. The Labute approximate surface area is 177 Å². The molecule has 0 aromatic heterocycles. The van der Waals surface area contributed by atoms with Crippen LogP contribution in [0.25, 0.3) is 0 Å². The number of alkyl halides is 3. The molecule has 2 amide bonds. The smallest absolute Gasteiger partial charge is 0.418 e. The number of anilines is 2. The van der Waals surface area contributed by atoms with E-state index in [1.165, 1.54) is 19.2 Å². The first-order chi connectivity index (χ1) is 14.8. The minimum atomic E-state index is -4.65. The molecule has 31 heavy (non-hydrogen) atoms. The van der Waals surface area contributed by atoms with Gasteiger partial charge in [0.15, 0.2) is 0 Å². The van der Waals surface area contributed by atoms with Crippen molar-refractivity contribution >= 4 is 17.4 Å². The second-order valence-corrected chi connectivity index (χ2v) is 6.95. The molecule has 1 unspecified atom stereocenters. The first kappa shape index (κ1) is 22.7. The summed E-state index contributed by atoms with van der Waals surface area (Å²) in [7, 11) is 1.51. The Hall–Kier alpha value is -2.98. The SMILES string of the molecule is COc1ccc(C(O)CNC(=O)Nc2ccc(N3CCOCC3)cc2C(F)(F)F)cc1. The van der Waals surface area contributed by atoms with Gasteiger partial charge in [-0.3, -0.25) is 0 Å². The molecular formula is C21H24F3N3O4. The van der Waals surface area contributed by atoms with Gasteiger partial charge in [0.25, 0.3) is 0 Å². The molecular weight excluding hydrogens is 415 g/mol. The zero-order valence-electron chi connectivity index (χ0n) is 16.9. The van der Waals surface area contributed by atoms with Gasteiger partial charge >= 0.3 is 12.2 Å². The molecule has 0 aliphatic carbocycles. The van der Waals surface area contributed by atoms with Gasteiger partial charge in [-0.1, -0.05) is 12.1 Å². The third-order valence-corrected chi connectivity index (χ3v) is 4.89. The van der Waals surface area contributed by atoms with E-state index in [0.717, 1.165) is 6.07 Å². The lowest BCUT2D eigenvalue weighted by Gasteiger charge is -2.29. The van der Waals surface area contributed by atoms with Crippen LogP contribution in [0.4, 0.5) is 29.3 Å². The highest BCUT2D eigenvalue weighted by Gasteiger charge is 2.35. The van der Waals surface area contributed by atoms with Crippen LogP contribution in [0.5, 0.6) is 5.75 Å². The van der Waals surface area contributed by atoms with Gasteiger partial charge in [0.05, 0.1) is 37.7 Å². The molecule has 1 heterocycles. The number of methoxy groups -OCH3 is 1. The number of urea groups is 1. The van der Waals surface area contributed by atoms with Gasteiger partial charge in [0, 0.05) is 25.3 Å². The number of nitrogens with one attached hydrogen (secondary N) is 2. The van der Waals surface area contributed by atoms with Crippen molar-refractivity contribution in [3.05, 3.63) is 53.6 Å².